The standard InChI is InChI=1S/C14H24O2/c1-4-12-6-11-7-13(14(12)8-11)9-16-10(3)15-5-2/h4,10-11,13-14H,5-9H2,1-3H3. The maximum Gasteiger partial charge on any atom is 0.154 e. The van der Waals surface area contributed by atoms with Crippen LogP contribution >= 0.6 is 0 Å². The highest BCUT2D eigenvalue weighted by molar-refractivity contribution is 5.18. The molecule has 0 amide bonds. The van der Waals surface area contributed by atoms with Crippen molar-refractivity contribution in [3.63, 3.8) is 0 Å². The molecule has 0 aromatic rings. The molecule has 2 fully saturated rings. The van der Waals surface area contributed by atoms with Crippen molar-refractivity contribution in [1.82, 2.24) is 0 Å². The molecule has 0 aromatic carbocycles. The molecule has 2 bridgehead atoms. The molecule has 2 saturated carbocycles. The van der Waals surface area contributed by atoms with E-state index in [4.69, 9.17) is 9.47 Å². The van der Waals surface area contributed by atoms with Crippen molar-refractivity contribution in [2.75, 3.05) is 13.2 Å². The summed E-state index contributed by atoms with van der Waals surface area (Å²) in [5, 5.41) is 0. The van der Waals surface area contributed by atoms with E-state index in [0.717, 1.165) is 31.0 Å². The predicted octanol–water partition coefficient (Wildman–Crippen LogP) is 3.38. The van der Waals surface area contributed by atoms with Gasteiger partial charge in [0.1, 0.15) is 0 Å². The number of allylic oxidation sites excluding steroid dienone is 2. The molecule has 2 nitrogen and oxygen atoms in total. The lowest BCUT2D eigenvalue weighted by molar-refractivity contribution is -0.137. The number of ether oxygens (including phenoxy) is 2. The van der Waals surface area contributed by atoms with E-state index in [1.54, 1.807) is 5.57 Å². The van der Waals surface area contributed by atoms with Gasteiger partial charge < -0.3 is 9.47 Å². The van der Waals surface area contributed by atoms with Crippen LogP contribution in [0.25, 0.3) is 0 Å². The van der Waals surface area contributed by atoms with Crippen molar-refractivity contribution in [1.29, 1.82) is 0 Å². The van der Waals surface area contributed by atoms with Gasteiger partial charge in [0.25, 0.3) is 0 Å². The fourth-order valence-electron chi connectivity index (χ4n) is 3.40. The van der Waals surface area contributed by atoms with Crippen molar-refractivity contribution in [2.24, 2.45) is 17.8 Å². The smallest absolute Gasteiger partial charge is 0.154 e. The fraction of sp³-hybridized carbons (Fsp3) is 0.857. The Kier molecular flexibility index (Phi) is 4.04. The first kappa shape index (κ1) is 12.1. The van der Waals surface area contributed by atoms with E-state index in [9.17, 15) is 0 Å². The maximum atomic E-state index is 5.76. The molecule has 2 rings (SSSR count). The number of rotatable bonds is 5. The van der Waals surface area contributed by atoms with Gasteiger partial charge in [-0.15, -0.1) is 0 Å². The van der Waals surface area contributed by atoms with Crippen LogP contribution in [0.15, 0.2) is 11.6 Å². The quantitative estimate of drug-likeness (QED) is 0.526. The molecule has 4 atom stereocenters. The first-order chi connectivity index (χ1) is 7.74. The lowest BCUT2D eigenvalue weighted by Crippen LogP contribution is -2.23. The van der Waals surface area contributed by atoms with Gasteiger partial charge in [-0.05, 0) is 57.8 Å². The molecule has 0 radical (unpaired) electrons. The van der Waals surface area contributed by atoms with Crippen LogP contribution in [-0.4, -0.2) is 19.5 Å². The molecule has 92 valence electrons. The summed E-state index contributed by atoms with van der Waals surface area (Å²) in [6.07, 6.45) is 6.39. The summed E-state index contributed by atoms with van der Waals surface area (Å²) in [6, 6.07) is 0. The van der Waals surface area contributed by atoms with Crippen molar-refractivity contribution in [3.05, 3.63) is 11.6 Å². The minimum absolute atomic E-state index is 0.0433. The monoisotopic (exact) mass is 224 g/mol. The predicted molar refractivity (Wildman–Crippen MR) is 65.1 cm³/mol. The lowest BCUT2D eigenvalue weighted by atomic mass is 9.85. The van der Waals surface area contributed by atoms with Crippen LogP contribution < -0.4 is 0 Å². The van der Waals surface area contributed by atoms with Gasteiger partial charge in [-0.3, -0.25) is 0 Å². The molecule has 2 heteroatoms. The van der Waals surface area contributed by atoms with E-state index in [-0.39, 0.29) is 6.29 Å². The van der Waals surface area contributed by atoms with E-state index in [1.165, 1.54) is 19.3 Å². The third-order valence-electron chi connectivity index (χ3n) is 4.11. The Morgan fingerprint density at radius 3 is 2.81 bits per heavy atom. The molecule has 0 saturated heterocycles. The van der Waals surface area contributed by atoms with Gasteiger partial charge >= 0.3 is 0 Å². The van der Waals surface area contributed by atoms with Gasteiger partial charge in [-0.2, -0.15) is 0 Å². The van der Waals surface area contributed by atoms with E-state index < -0.39 is 0 Å². The third kappa shape index (κ3) is 2.49. The Morgan fingerprint density at radius 1 is 1.38 bits per heavy atom. The zero-order chi connectivity index (χ0) is 11.5. The van der Waals surface area contributed by atoms with Crippen LogP contribution in [0.1, 0.15) is 40.0 Å². The number of hydrogen-bond donors (Lipinski definition) is 0. The summed E-state index contributed by atoms with van der Waals surface area (Å²) in [5.41, 5.74) is 1.67. The molecule has 0 aromatic heterocycles. The Hall–Kier alpha value is -0.340. The van der Waals surface area contributed by atoms with Crippen LogP contribution in [0, 0.1) is 17.8 Å². The van der Waals surface area contributed by atoms with Gasteiger partial charge in [0, 0.05) is 6.61 Å². The van der Waals surface area contributed by atoms with E-state index >= 15 is 0 Å². The Labute approximate surface area is 99.0 Å². The summed E-state index contributed by atoms with van der Waals surface area (Å²) in [7, 11) is 0. The van der Waals surface area contributed by atoms with Gasteiger partial charge in [0.2, 0.25) is 0 Å². The van der Waals surface area contributed by atoms with Crippen molar-refractivity contribution in [2.45, 2.75) is 46.3 Å². The molecule has 0 aliphatic heterocycles. The fourth-order valence-corrected chi connectivity index (χ4v) is 3.40. The second kappa shape index (κ2) is 5.33. The summed E-state index contributed by atoms with van der Waals surface area (Å²) in [4.78, 5) is 0. The summed E-state index contributed by atoms with van der Waals surface area (Å²) >= 11 is 0. The first-order valence-corrected chi connectivity index (χ1v) is 6.62. The lowest BCUT2D eigenvalue weighted by Gasteiger charge is -2.25. The molecule has 0 heterocycles. The molecule has 0 spiro atoms. The van der Waals surface area contributed by atoms with Gasteiger partial charge in [0.05, 0.1) is 6.61 Å². The van der Waals surface area contributed by atoms with Crippen LogP contribution in [-0.2, 0) is 9.47 Å². The van der Waals surface area contributed by atoms with E-state index in [2.05, 4.69) is 13.0 Å². The average molecular weight is 224 g/mol. The van der Waals surface area contributed by atoms with Crippen LogP contribution in [0.3, 0.4) is 0 Å². The van der Waals surface area contributed by atoms with Crippen LogP contribution in [0.5, 0.6) is 0 Å². The van der Waals surface area contributed by atoms with Gasteiger partial charge in [0.15, 0.2) is 6.29 Å². The molecule has 2 aliphatic rings. The van der Waals surface area contributed by atoms with E-state index in [0.29, 0.717) is 0 Å². The minimum Gasteiger partial charge on any atom is -0.353 e. The summed E-state index contributed by atoms with van der Waals surface area (Å²) in [6.45, 7) is 7.79. The number of hydrogen-bond acceptors (Lipinski definition) is 2. The summed E-state index contributed by atoms with van der Waals surface area (Å²) < 4.78 is 11.2. The highest BCUT2D eigenvalue weighted by atomic mass is 16.7. The molecule has 2 aliphatic carbocycles. The molecule has 0 N–H and O–H groups in total. The second-order valence-corrected chi connectivity index (χ2v) is 5.13. The van der Waals surface area contributed by atoms with Crippen molar-refractivity contribution >= 4 is 0 Å². The zero-order valence-corrected chi connectivity index (χ0v) is 10.7. The molecular weight excluding hydrogens is 200 g/mol. The Balaban J connectivity index is 1.79. The average Bonchev–Trinajstić information content (AvgIpc) is 2.85. The Morgan fingerprint density at radius 2 is 2.19 bits per heavy atom. The van der Waals surface area contributed by atoms with Crippen molar-refractivity contribution in [3.8, 4) is 0 Å². The molecule has 16 heavy (non-hydrogen) atoms. The van der Waals surface area contributed by atoms with Crippen molar-refractivity contribution < 1.29 is 9.47 Å². The third-order valence-corrected chi connectivity index (χ3v) is 4.11. The Bertz CT molecular complexity index is 259. The van der Waals surface area contributed by atoms with Crippen LogP contribution in [0.2, 0.25) is 0 Å². The second-order valence-electron chi connectivity index (χ2n) is 5.13. The zero-order valence-electron chi connectivity index (χ0n) is 10.7. The first-order valence-electron chi connectivity index (χ1n) is 6.62. The maximum absolute atomic E-state index is 5.76. The highest BCUT2D eigenvalue weighted by Crippen LogP contribution is 2.51. The number of fused-ring (bicyclic) bond motifs is 2. The van der Waals surface area contributed by atoms with E-state index in [1.807, 2.05) is 13.8 Å². The SMILES string of the molecule is CC=C1CC2CC(COC(C)OCC)C1C2. The summed E-state index contributed by atoms with van der Waals surface area (Å²) in [5.74, 6) is 2.49. The minimum atomic E-state index is -0.0433. The normalized spacial score (nSPS) is 37.2. The topological polar surface area (TPSA) is 18.5 Å². The molecular formula is C14H24O2. The molecule has 4 unspecified atom stereocenters. The highest BCUT2D eigenvalue weighted by Gasteiger charge is 2.42. The van der Waals surface area contributed by atoms with Gasteiger partial charge in [-0.25, -0.2) is 0 Å². The van der Waals surface area contributed by atoms with Gasteiger partial charge in [-0.1, -0.05) is 11.6 Å². The van der Waals surface area contributed by atoms with Crippen LogP contribution in [0.4, 0.5) is 0 Å². The largest absolute Gasteiger partial charge is 0.353 e.